The summed E-state index contributed by atoms with van der Waals surface area (Å²) >= 11 is 0. The first-order valence-electron chi connectivity index (χ1n) is 7.03. The average Bonchev–Trinajstić information content (AvgIpc) is 2.83. The number of hydrogen-bond acceptors (Lipinski definition) is 4. The molecule has 112 valence electrons. The summed E-state index contributed by atoms with van der Waals surface area (Å²) in [5, 5.41) is 0. The van der Waals surface area contributed by atoms with Crippen LogP contribution in [-0.2, 0) is 9.84 Å². The predicted molar refractivity (Wildman–Crippen MR) is 85.0 cm³/mol. The fourth-order valence-electron chi connectivity index (χ4n) is 2.80. The summed E-state index contributed by atoms with van der Waals surface area (Å²) in [6.45, 7) is 0. The summed E-state index contributed by atoms with van der Waals surface area (Å²) < 4.78 is 25.1. The zero-order valence-corrected chi connectivity index (χ0v) is 12.7. The second kappa shape index (κ2) is 4.86. The molecule has 0 bridgehead atoms. The summed E-state index contributed by atoms with van der Waals surface area (Å²) in [7, 11) is -3.50. The van der Waals surface area contributed by atoms with Gasteiger partial charge in [-0.3, -0.25) is 9.78 Å². The summed E-state index contributed by atoms with van der Waals surface area (Å²) in [4.78, 5) is 17.1. The van der Waals surface area contributed by atoms with Gasteiger partial charge in [0.1, 0.15) is 5.69 Å². The van der Waals surface area contributed by atoms with Crippen molar-refractivity contribution in [2.24, 2.45) is 0 Å². The summed E-state index contributed by atoms with van der Waals surface area (Å²) in [6, 6.07) is 16.6. The molecule has 3 aromatic rings. The Morgan fingerprint density at radius 3 is 2.35 bits per heavy atom. The Morgan fingerprint density at radius 2 is 1.57 bits per heavy atom. The van der Waals surface area contributed by atoms with E-state index in [9.17, 15) is 13.2 Å². The molecule has 0 fully saturated rings. The maximum Gasteiger partial charge on any atom is 0.211 e. The van der Waals surface area contributed by atoms with Crippen molar-refractivity contribution in [3.8, 4) is 11.1 Å². The minimum Gasteiger partial charge on any atom is -0.287 e. The SMILES string of the molecule is O=C(c1ccc2c(c1)-c1ccccc1S2(=O)=O)c1ccccn1. The quantitative estimate of drug-likeness (QED) is 0.532. The van der Waals surface area contributed by atoms with Crippen LogP contribution in [0.3, 0.4) is 0 Å². The van der Waals surface area contributed by atoms with E-state index in [2.05, 4.69) is 4.98 Å². The van der Waals surface area contributed by atoms with Crippen molar-refractivity contribution in [1.82, 2.24) is 4.98 Å². The molecule has 2 aromatic carbocycles. The highest BCUT2D eigenvalue weighted by Crippen LogP contribution is 2.43. The molecule has 23 heavy (non-hydrogen) atoms. The lowest BCUT2D eigenvalue weighted by atomic mass is 10.0. The number of carbonyl (C=O) groups excluding carboxylic acids is 1. The van der Waals surface area contributed by atoms with Crippen molar-refractivity contribution in [2.75, 3.05) is 0 Å². The second-order valence-electron chi connectivity index (χ2n) is 5.25. The molecule has 0 aliphatic carbocycles. The fourth-order valence-corrected chi connectivity index (χ4v) is 4.47. The molecular formula is C18H11NO3S. The fraction of sp³-hybridized carbons (Fsp3) is 0. The molecule has 0 radical (unpaired) electrons. The lowest BCUT2D eigenvalue weighted by molar-refractivity contribution is 0.103. The van der Waals surface area contributed by atoms with Crippen LogP contribution in [0.5, 0.6) is 0 Å². The Labute approximate surface area is 133 Å². The van der Waals surface area contributed by atoms with Crippen LogP contribution in [0.1, 0.15) is 16.1 Å². The highest BCUT2D eigenvalue weighted by atomic mass is 32.2. The third-order valence-electron chi connectivity index (χ3n) is 3.90. The molecule has 0 saturated heterocycles. The Bertz CT molecular complexity index is 1040. The molecule has 0 saturated carbocycles. The number of fused-ring (bicyclic) bond motifs is 3. The highest BCUT2D eigenvalue weighted by molar-refractivity contribution is 7.92. The van der Waals surface area contributed by atoms with E-state index < -0.39 is 9.84 Å². The molecule has 1 aliphatic rings. The predicted octanol–water partition coefficient (Wildman–Crippen LogP) is 3.13. The van der Waals surface area contributed by atoms with Crippen molar-refractivity contribution in [3.05, 3.63) is 78.1 Å². The first kappa shape index (κ1) is 13.8. The Balaban J connectivity index is 1.90. The number of ketones is 1. The highest BCUT2D eigenvalue weighted by Gasteiger charge is 2.33. The van der Waals surface area contributed by atoms with Gasteiger partial charge in [0.05, 0.1) is 9.79 Å². The van der Waals surface area contributed by atoms with E-state index in [0.717, 1.165) is 0 Å². The molecule has 0 unspecified atom stereocenters. The third kappa shape index (κ3) is 2.01. The zero-order valence-electron chi connectivity index (χ0n) is 11.9. The monoisotopic (exact) mass is 321 g/mol. The van der Waals surface area contributed by atoms with Gasteiger partial charge in [-0.15, -0.1) is 0 Å². The van der Waals surface area contributed by atoms with Crippen LogP contribution >= 0.6 is 0 Å². The third-order valence-corrected chi connectivity index (χ3v) is 5.77. The molecule has 0 spiro atoms. The van der Waals surface area contributed by atoms with Gasteiger partial charge in [-0.1, -0.05) is 24.3 Å². The van der Waals surface area contributed by atoms with E-state index in [1.807, 2.05) is 0 Å². The molecule has 4 rings (SSSR count). The van der Waals surface area contributed by atoms with E-state index in [-0.39, 0.29) is 15.6 Å². The first-order valence-corrected chi connectivity index (χ1v) is 8.51. The summed E-state index contributed by atoms with van der Waals surface area (Å²) in [6.07, 6.45) is 1.56. The molecule has 1 aliphatic heterocycles. The number of pyridine rings is 1. The molecule has 2 heterocycles. The summed E-state index contributed by atoms with van der Waals surface area (Å²) in [5.74, 6) is -0.227. The molecule has 5 heteroatoms. The molecular weight excluding hydrogens is 310 g/mol. The Kier molecular flexibility index (Phi) is 2.92. The van der Waals surface area contributed by atoms with Gasteiger partial charge in [0, 0.05) is 22.9 Å². The van der Waals surface area contributed by atoms with E-state index in [0.29, 0.717) is 22.4 Å². The van der Waals surface area contributed by atoms with Gasteiger partial charge >= 0.3 is 0 Å². The molecule has 4 nitrogen and oxygen atoms in total. The number of hydrogen-bond donors (Lipinski definition) is 0. The largest absolute Gasteiger partial charge is 0.287 e. The lowest BCUT2D eigenvalue weighted by Crippen LogP contribution is -2.04. The van der Waals surface area contributed by atoms with Gasteiger partial charge < -0.3 is 0 Å². The maximum absolute atomic E-state index is 12.5. The van der Waals surface area contributed by atoms with Gasteiger partial charge in [0.25, 0.3) is 0 Å². The Morgan fingerprint density at radius 1 is 0.826 bits per heavy atom. The van der Waals surface area contributed by atoms with Gasteiger partial charge in [-0.25, -0.2) is 8.42 Å². The van der Waals surface area contributed by atoms with Crippen molar-refractivity contribution >= 4 is 15.6 Å². The van der Waals surface area contributed by atoms with Gasteiger partial charge in [-0.2, -0.15) is 0 Å². The van der Waals surface area contributed by atoms with Gasteiger partial charge in [0.2, 0.25) is 15.6 Å². The van der Waals surface area contributed by atoms with Crippen molar-refractivity contribution in [3.63, 3.8) is 0 Å². The molecule has 0 atom stereocenters. The number of nitrogens with zero attached hydrogens (tertiary/aromatic N) is 1. The molecule has 0 N–H and O–H groups in total. The van der Waals surface area contributed by atoms with Crippen molar-refractivity contribution < 1.29 is 13.2 Å². The lowest BCUT2D eigenvalue weighted by Gasteiger charge is -2.04. The minimum atomic E-state index is -3.50. The van der Waals surface area contributed by atoms with Crippen LogP contribution in [-0.4, -0.2) is 19.2 Å². The van der Waals surface area contributed by atoms with Crippen molar-refractivity contribution in [1.29, 1.82) is 0 Å². The minimum absolute atomic E-state index is 0.227. The van der Waals surface area contributed by atoms with E-state index in [1.54, 1.807) is 60.8 Å². The van der Waals surface area contributed by atoms with Gasteiger partial charge in [0.15, 0.2) is 0 Å². The van der Waals surface area contributed by atoms with Crippen LogP contribution in [0.25, 0.3) is 11.1 Å². The van der Waals surface area contributed by atoms with Crippen LogP contribution in [0, 0.1) is 0 Å². The van der Waals surface area contributed by atoms with E-state index in [1.165, 1.54) is 6.07 Å². The number of rotatable bonds is 2. The van der Waals surface area contributed by atoms with Crippen LogP contribution in [0.15, 0.2) is 76.7 Å². The standard InChI is InChI=1S/C18H11NO3S/c20-18(15-6-3-4-10-19-15)12-8-9-17-14(11-12)13-5-1-2-7-16(13)23(17,21)22/h1-11H. The van der Waals surface area contributed by atoms with Gasteiger partial charge in [-0.05, 0) is 36.4 Å². The zero-order chi connectivity index (χ0) is 16.0. The summed E-state index contributed by atoms with van der Waals surface area (Å²) in [5.41, 5.74) is 1.97. The Hall–Kier alpha value is -2.79. The number of benzene rings is 2. The number of aromatic nitrogens is 1. The van der Waals surface area contributed by atoms with Crippen LogP contribution < -0.4 is 0 Å². The average molecular weight is 321 g/mol. The van der Waals surface area contributed by atoms with Crippen molar-refractivity contribution in [2.45, 2.75) is 9.79 Å². The van der Waals surface area contributed by atoms with E-state index in [4.69, 9.17) is 0 Å². The number of sulfone groups is 1. The first-order chi connectivity index (χ1) is 11.1. The maximum atomic E-state index is 12.5. The van der Waals surface area contributed by atoms with E-state index >= 15 is 0 Å². The molecule has 1 aromatic heterocycles. The van der Waals surface area contributed by atoms with Crippen LogP contribution in [0.2, 0.25) is 0 Å². The molecule has 0 amide bonds. The second-order valence-corrected chi connectivity index (χ2v) is 7.14. The smallest absolute Gasteiger partial charge is 0.211 e. The normalized spacial score (nSPS) is 14.1. The van der Waals surface area contributed by atoms with Crippen LogP contribution in [0.4, 0.5) is 0 Å². The topological polar surface area (TPSA) is 64.1 Å². The number of carbonyl (C=O) groups is 1.